The standard InChI is InChI=1S/C17H28O5/c1-21-16-5-3-4-11(17(16)22-2)6-9-14(19)13-8-7-12(18)10-15(13)20/h6,9,11-13,15-18,20H,3-5,7-8,10H2,1-2H3/b9-6+. The summed E-state index contributed by atoms with van der Waals surface area (Å²) in [6.45, 7) is 0. The topological polar surface area (TPSA) is 76.0 Å². The lowest BCUT2D eigenvalue weighted by molar-refractivity contribution is -0.124. The van der Waals surface area contributed by atoms with E-state index in [1.165, 1.54) is 0 Å². The molecular weight excluding hydrogens is 284 g/mol. The Morgan fingerprint density at radius 1 is 1.09 bits per heavy atom. The van der Waals surface area contributed by atoms with Crippen molar-refractivity contribution in [3.05, 3.63) is 12.2 Å². The van der Waals surface area contributed by atoms with E-state index in [1.54, 1.807) is 20.3 Å². The Morgan fingerprint density at radius 2 is 1.86 bits per heavy atom. The number of carbonyl (C=O) groups is 1. The number of hydrogen-bond acceptors (Lipinski definition) is 5. The Hall–Kier alpha value is -0.750. The lowest BCUT2D eigenvalue weighted by atomic mass is 9.80. The van der Waals surface area contributed by atoms with Gasteiger partial charge in [-0.25, -0.2) is 0 Å². The summed E-state index contributed by atoms with van der Waals surface area (Å²) >= 11 is 0. The third kappa shape index (κ3) is 4.16. The second kappa shape index (κ2) is 8.20. The van der Waals surface area contributed by atoms with Gasteiger partial charge in [-0.05, 0) is 38.2 Å². The van der Waals surface area contributed by atoms with Crippen LogP contribution in [0.15, 0.2) is 12.2 Å². The van der Waals surface area contributed by atoms with E-state index in [4.69, 9.17) is 9.47 Å². The van der Waals surface area contributed by atoms with Gasteiger partial charge in [-0.3, -0.25) is 4.79 Å². The average molecular weight is 312 g/mol. The molecule has 0 amide bonds. The maximum Gasteiger partial charge on any atom is 0.161 e. The Morgan fingerprint density at radius 3 is 2.50 bits per heavy atom. The first kappa shape index (κ1) is 17.6. The van der Waals surface area contributed by atoms with Crippen LogP contribution in [0.1, 0.15) is 38.5 Å². The van der Waals surface area contributed by atoms with Crippen molar-refractivity contribution in [3.63, 3.8) is 0 Å². The fourth-order valence-electron chi connectivity index (χ4n) is 3.74. The zero-order valence-electron chi connectivity index (χ0n) is 13.5. The summed E-state index contributed by atoms with van der Waals surface area (Å²) in [5.74, 6) is -0.268. The highest BCUT2D eigenvalue weighted by molar-refractivity contribution is 5.92. The molecule has 2 aliphatic rings. The Balaban J connectivity index is 1.96. The van der Waals surface area contributed by atoms with E-state index in [0.717, 1.165) is 19.3 Å². The molecule has 0 aliphatic heterocycles. The molecule has 2 fully saturated rings. The monoisotopic (exact) mass is 312 g/mol. The predicted octanol–water partition coefficient (Wildman–Crippen LogP) is 1.46. The molecule has 0 bridgehead atoms. The van der Waals surface area contributed by atoms with Crippen LogP contribution in [0.4, 0.5) is 0 Å². The second-order valence-electron chi connectivity index (χ2n) is 6.47. The molecule has 0 radical (unpaired) electrons. The Kier molecular flexibility index (Phi) is 6.56. The van der Waals surface area contributed by atoms with Gasteiger partial charge in [0.15, 0.2) is 5.78 Å². The van der Waals surface area contributed by atoms with Crippen molar-refractivity contribution in [2.24, 2.45) is 11.8 Å². The first-order valence-electron chi connectivity index (χ1n) is 8.20. The quantitative estimate of drug-likeness (QED) is 0.752. The summed E-state index contributed by atoms with van der Waals surface area (Å²) in [5.41, 5.74) is 0. The van der Waals surface area contributed by atoms with Gasteiger partial charge in [0.25, 0.3) is 0 Å². The Labute approximate surface area is 132 Å². The number of carbonyl (C=O) groups excluding carboxylic acids is 1. The van der Waals surface area contributed by atoms with Gasteiger partial charge in [-0.15, -0.1) is 0 Å². The van der Waals surface area contributed by atoms with E-state index in [-0.39, 0.29) is 29.8 Å². The van der Waals surface area contributed by atoms with Crippen molar-refractivity contribution in [2.75, 3.05) is 14.2 Å². The van der Waals surface area contributed by atoms with Crippen molar-refractivity contribution < 1.29 is 24.5 Å². The molecule has 0 heterocycles. The molecular formula is C17H28O5. The molecule has 22 heavy (non-hydrogen) atoms. The van der Waals surface area contributed by atoms with Crippen LogP contribution in [0, 0.1) is 11.8 Å². The minimum atomic E-state index is -0.739. The number of rotatable bonds is 5. The average Bonchev–Trinajstić information content (AvgIpc) is 2.51. The molecule has 0 aromatic heterocycles. The van der Waals surface area contributed by atoms with Crippen molar-refractivity contribution in [3.8, 4) is 0 Å². The third-order valence-electron chi connectivity index (χ3n) is 5.05. The number of allylic oxidation sites excluding steroid dienone is 1. The summed E-state index contributed by atoms with van der Waals surface area (Å²) in [5, 5.41) is 19.5. The van der Waals surface area contributed by atoms with Gasteiger partial charge >= 0.3 is 0 Å². The highest BCUT2D eigenvalue weighted by Crippen LogP contribution is 2.30. The number of ether oxygens (including phenoxy) is 2. The summed E-state index contributed by atoms with van der Waals surface area (Å²) < 4.78 is 11.0. The third-order valence-corrected chi connectivity index (χ3v) is 5.05. The summed E-state index contributed by atoms with van der Waals surface area (Å²) in [4.78, 5) is 12.3. The van der Waals surface area contributed by atoms with Crippen LogP contribution < -0.4 is 0 Å². The smallest absolute Gasteiger partial charge is 0.161 e. The molecule has 0 saturated heterocycles. The van der Waals surface area contributed by atoms with Crippen LogP contribution in [0.5, 0.6) is 0 Å². The number of hydrogen-bond donors (Lipinski definition) is 2. The maximum atomic E-state index is 12.3. The fourth-order valence-corrected chi connectivity index (χ4v) is 3.74. The van der Waals surface area contributed by atoms with Crippen molar-refractivity contribution in [1.29, 1.82) is 0 Å². The van der Waals surface area contributed by atoms with Crippen molar-refractivity contribution in [2.45, 2.75) is 62.9 Å². The van der Waals surface area contributed by atoms with E-state index in [0.29, 0.717) is 19.3 Å². The van der Waals surface area contributed by atoms with Gasteiger partial charge in [0.1, 0.15) is 0 Å². The molecule has 5 heteroatoms. The van der Waals surface area contributed by atoms with E-state index >= 15 is 0 Å². The minimum absolute atomic E-state index is 0.0269. The van der Waals surface area contributed by atoms with Crippen LogP contribution in [0.25, 0.3) is 0 Å². The van der Waals surface area contributed by atoms with Gasteiger partial charge in [-0.1, -0.05) is 12.5 Å². The highest BCUT2D eigenvalue weighted by atomic mass is 16.5. The summed E-state index contributed by atoms with van der Waals surface area (Å²) in [6.07, 6.45) is 6.76. The van der Waals surface area contributed by atoms with Crippen molar-refractivity contribution >= 4 is 5.78 Å². The number of aliphatic hydroxyl groups excluding tert-OH is 2. The molecule has 2 rings (SSSR count). The van der Waals surface area contributed by atoms with Crippen molar-refractivity contribution in [1.82, 2.24) is 0 Å². The van der Waals surface area contributed by atoms with Crippen LogP contribution in [-0.4, -0.2) is 54.6 Å². The lowest BCUT2D eigenvalue weighted by Crippen LogP contribution is -2.39. The summed E-state index contributed by atoms with van der Waals surface area (Å²) in [6, 6.07) is 0. The van der Waals surface area contributed by atoms with E-state index in [9.17, 15) is 15.0 Å². The largest absolute Gasteiger partial charge is 0.393 e. The molecule has 5 nitrogen and oxygen atoms in total. The van der Waals surface area contributed by atoms with E-state index < -0.39 is 12.2 Å². The normalized spacial score (nSPS) is 40.0. The zero-order valence-corrected chi connectivity index (χ0v) is 13.5. The molecule has 6 unspecified atom stereocenters. The fraction of sp³-hybridized carbons (Fsp3) is 0.824. The predicted molar refractivity (Wildman–Crippen MR) is 82.4 cm³/mol. The Bertz CT molecular complexity index is 395. The van der Waals surface area contributed by atoms with Gasteiger partial charge in [0, 0.05) is 26.1 Å². The molecule has 0 spiro atoms. The minimum Gasteiger partial charge on any atom is -0.393 e. The van der Waals surface area contributed by atoms with Crippen LogP contribution >= 0.6 is 0 Å². The SMILES string of the molecule is COC1CCCC(/C=C/C(=O)C2CCC(O)CC2O)C1OC. The van der Waals surface area contributed by atoms with Gasteiger partial charge in [0.2, 0.25) is 0 Å². The van der Waals surface area contributed by atoms with Crippen LogP contribution in [0.2, 0.25) is 0 Å². The first-order chi connectivity index (χ1) is 10.6. The second-order valence-corrected chi connectivity index (χ2v) is 6.47. The molecule has 2 N–H and O–H groups in total. The molecule has 6 atom stereocenters. The van der Waals surface area contributed by atoms with E-state index in [2.05, 4.69) is 0 Å². The molecule has 0 aromatic carbocycles. The lowest BCUT2D eigenvalue weighted by Gasteiger charge is -2.35. The highest BCUT2D eigenvalue weighted by Gasteiger charge is 2.34. The van der Waals surface area contributed by atoms with Crippen LogP contribution in [0.3, 0.4) is 0 Å². The molecule has 126 valence electrons. The van der Waals surface area contributed by atoms with Gasteiger partial charge in [0.05, 0.1) is 24.4 Å². The van der Waals surface area contributed by atoms with Gasteiger partial charge in [-0.2, -0.15) is 0 Å². The number of ketones is 1. The summed E-state index contributed by atoms with van der Waals surface area (Å²) in [7, 11) is 3.37. The van der Waals surface area contributed by atoms with Crippen LogP contribution in [-0.2, 0) is 14.3 Å². The molecule has 0 aromatic rings. The number of methoxy groups -OCH3 is 2. The first-order valence-corrected chi connectivity index (χ1v) is 8.20. The maximum absolute atomic E-state index is 12.3. The number of aliphatic hydroxyl groups is 2. The zero-order chi connectivity index (χ0) is 16.1. The molecule has 2 saturated carbocycles. The van der Waals surface area contributed by atoms with E-state index in [1.807, 2.05) is 6.08 Å². The van der Waals surface area contributed by atoms with Gasteiger partial charge < -0.3 is 19.7 Å². The molecule has 2 aliphatic carbocycles.